The van der Waals surface area contributed by atoms with Crippen LogP contribution < -0.4 is 21.3 Å². The van der Waals surface area contributed by atoms with Gasteiger partial charge in [0, 0.05) is 47.3 Å². The number of anilines is 3. The first-order valence-corrected chi connectivity index (χ1v) is 11.9. The van der Waals surface area contributed by atoms with Gasteiger partial charge in [0.25, 0.3) is 0 Å². The highest BCUT2D eigenvalue weighted by Crippen LogP contribution is 2.37. The summed E-state index contributed by atoms with van der Waals surface area (Å²) in [7, 11) is 1.84. The lowest BCUT2D eigenvalue weighted by Crippen LogP contribution is -2.35. The normalized spacial score (nSPS) is 14.5. The molecule has 3 heterocycles. The van der Waals surface area contributed by atoms with Gasteiger partial charge in [-0.1, -0.05) is 12.1 Å². The van der Waals surface area contributed by atoms with Gasteiger partial charge in [0.2, 0.25) is 0 Å². The lowest BCUT2D eigenvalue weighted by Gasteiger charge is -2.26. The number of halogens is 3. The van der Waals surface area contributed by atoms with Gasteiger partial charge in [-0.15, -0.1) is 0 Å². The second-order valence-corrected chi connectivity index (χ2v) is 8.97. The number of rotatable bonds is 5. The van der Waals surface area contributed by atoms with E-state index in [9.17, 15) is 18.0 Å². The van der Waals surface area contributed by atoms with Gasteiger partial charge < -0.3 is 21.3 Å². The van der Waals surface area contributed by atoms with E-state index in [-0.39, 0.29) is 17.4 Å². The molecule has 8 nitrogen and oxygen atoms in total. The van der Waals surface area contributed by atoms with Crippen LogP contribution in [0, 0.1) is 0 Å². The Morgan fingerprint density at radius 2 is 1.70 bits per heavy atom. The van der Waals surface area contributed by atoms with E-state index in [0.717, 1.165) is 54.0 Å². The summed E-state index contributed by atoms with van der Waals surface area (Å²) in [6.45, 7) is 1.52. The first kappa shape index (κ1) is 24.6. The third-order valence-electron chi connectivity index (χ3n) is 6.41. The van der Waals surface area contributed by atoms with Crippen molar-refractivity contribution in [2.75, 3.05) is 29.0 Å². The summed E-state index contributed by atoms with van der Waals surface area (Å²) in [5.41, 5.74) is 2.43. The highest BCUT2D eigenvalue weighted by atomic mass is 19.4. The standard InChI is InChI=1S/C26H26F3N7O/c1-36-24-15-31-13-20(21(24)14-32-36)16-2-4-17(5-3-16)34-25(37)35-19-6-7-23(22(12-19)26(27,28)29)33-18-8-10-30-11-9-18/h2-7,12-15,18,30,33H,8-11H2,1H3,(H2,34,35,37). The minimum atomic E-state index is -4.56. The van der Waals surface area contributed by atoms with E-state index in [1.54, 1.807) is 35.4 Å². The molecule has 2 aromatic heterocycles. The van der Waals surface area contributed by atoms with Crippen molar-refractivity contribution in [1.29, 1.82) is 0 Å². The number of nitrogens with zero attached hydrogens (tertiary/aromatic N) is 3. The Balaban J connectivity index is 1.27. The van der Waals surface area contributed by atoms with E-state index in [2.05, 4.69) is 31.3 Å². The van der Waals surface area contributed by atoms with Gasteiger partial charge in [-0.25, -0.2) is 4.79 Å². The molecule has 2 aromatic carbocycles. The summed E-state index contributed by atoms with van der Waals surface area (Å²) in [5.74, 6) is 0. The molecule has 1 aliphatic heterocycles. The Hall–Kier alpha value is -4.12. The number of hydrogen-bond acceptors (Lipinski definition) is 5. The number of benzene rings is 2. The lowest BCUT2D eigenvalue weighted by molar-refractivity contribution is -0.136. The molecule has 192 valence electrons. The van der Waals surface area contributed by atoms with Gasteiger partial charge >= 0.3 is 12.2 Å². The number of nitrogens with one attached hydrogen (secondary N) is 4. The summed E-state index contributed by atoms with van der Waals surface area (Å²) in [5, 5.41) is 16.6. The van der Waals surface area contributed by atoms with Crippen LogP contribution in [0.15, 0.2) is 61.1 Å². The number of amides is 2. The van der Waals surface area contributed by atoms with Crippen LogP contribution in [-0.2, 0) is 13.2 Å². The van der Waals surface area contributed by atoms with Crippen molar-refractivity contribution in [2.24, 2.45) is 7.05 Å². The van der Waals surface area contributed by atoms with Gasteiger partial charge in [0.1, 0.15) is 0 Å². The summed E-state index contributed by atoms with van der Waals surface area (Å²) in [4.78, 5) is 16.8. The summed E-state index contributed by atoms with van der Waals surface area (Å²) < 4.78 is 43.0. The zero-order chi connectivity index (χ0) is 26.0. The predicted octanol–water partition coefficient (Wildman–Crippen LogP) is 5.46. The molecule has 11 heteroatoms. The Morgan fingerprint density at radius 3 is 2.43 bits per heavy atom. The number of carbonyl (C=O) groups is 1. The van der Waals surface area contributed by atoms with E-state index in [1.165, 1.54) is 12.1 Å². The molecule has 0 atom stereocenters. The van der Waals surface area contributed by atoms with E-state index >= 15 is 0 Å². The average molecular weight is 510 g/mol. The maximum Gasteiger partial charge on any atom is 0.418 e. The minimum absolute atomic E-state index is 0.0130. The van der Waals surface area contributed by atoms with Gasteiger partial charge in [0.05, 0.1) is 23.5 Å². The number of urea groups is 1. The van der Waals surface area contributed by atoms with Crippen molar-refractivity contribution < 1.29 is 18.0 Å². The number of carbonyl (C=O) groups excluding carboxylic acids is 1. The molecule has 2 amide bonds. The molecule has 1 fully saturated rings. The number of alkyl halides is 3. The Kier molecular flexibility index (Phi) is 6.70. The fraction of sp³-hybridized carbons (Fsp3) is 0.269. The number of aryl methyl sites for hydroxylation is 1. The Labute approximate surface area is 211 Å². The van der Waals surface area contributed by atoms with Crippen LogP contribution in [0.3, 0.4) is 0 Å². The van der Waals surface area contributed by atoms with E-state index < -0.39 is 17.8 Å². The third-order valence-corrected chi connectivity index (χ3v) is 6.41. The fourth-order valence-electron chi connectivity index (χ4n) is 4.48. The van der Waals surface area contributed by atoms with Crippen molar-refractivity contribution in [3.8, 4) is 11.1 Å². The molecule has 4 aromatic rings. The number of hydrogen-bond donors (Lipinski definition) is 4. The number of aromatic nitrogens is 3. The highest BCUT2D eigenvalue weighted by molar-refractivity contribution is 6.00. The van der Waals surface area contributed by atoms with Crippen LogP contribution in [-0.4, -0.2) is 39.9 Å². The van der Waals surface area contributed by atoms with Crippen molar-refractivity contribution in [2.45, 2.75) is 25.1 Å². The van der Waals surface area contributed by atoms with Crippen LogP contribution in [0.4, 0.5) is 35.0 Å². The molecule has 1 aliphatic rings. The molecule has 0 bridgehead atoms. The molecule has 0 unspecified atom stereocenters. The Morgan fingerprint density at radius 1 is 1.00 bits per heavy atom. The topological polar surface area (TPSA) is 95.9 Å². The molecular weight excluding hydrogens is 483 g/mol. The van der Waals surface area contributed by atoms with Gasteiger partial charge in [-0.2, -0.15) is 18.3 Å². The second-order valence-electron chi connectivity index (χ2n) is 8.97. The molecule has 0 radical (unpaired) electrons. The average Bonchev–Trinajstić information content (AvgIpc) is 3.26. The van der Waals surface area contributed by atoms with Gasteiger partial charge in [-0.05, 0) is 61.8 Å². The molecule has 0 saturated carbocycles. The van der Waals surface area contributed by atoms with Crippen LogP contribution in [0.5, 0.6) is 0 Å². The lowest BCUT2D eigenvalue weighted by atomic mass is 10.0. The summed E-state index contributed by atoms with van der Waals surface area (Å²) >= 11 is 0. The number of piperidine rings is 1. The van der Waals surface area contributed by atoms with Crippen LogP contribution in [0.2, 0.25) is 0 Å². The monoisotopic (exact) mass is 509 g/mol. The molecule has 0 spiro atoms. The summed E-state index contributed by atoms with van der Waals surface area (Å²) in [6.07, 6.45) is 2.19. The highest BCUT2D eigenvalue weighted by Gasteiger charge is 2.34. The van der Waals surface area contributed by atoms with E-state index in [0.29, 0.717) is 5.69 Å². The molecule has 37 heavy (non-hydrogen) atoms. The number of fused-ring (bicyclic) bond motifs is 1. The van der Waals surface area contributed by atoms with E-state index in [4.69, 9.17) is 0 Å². The zero-order valence-corrected chi connectivity index (χ0v) is 20.1. The van der Waals surface area contributed by atoms with E-state index in [1.807, 2.05) is 19.2 Å². The molecule has 0 aliphatic carbocycles. The van der Waals surface area contributed by atoms with Crippen molar-refractivity contribution in [3.63, 3.8) is 0 Å². The molecule has 4 N–H and O–H groups in total. The quantitative estimate of drug-likeness (QED) is 0.287. The first-order valence-electron chi connectivity index (χ1n) is 11.9. The minimum Gasteiger partial charge on any atom is -0.382 e. The van der Waals surface area contributed by atoms with Crippen LogP contribution >= 0.6 is 0 Å². The van der Waals surface area contributed by atoms with Crippen molar-refractivity contribution in [3.05, 3.63) is 66.6 Å². The fourth-order valence-corrected chi connectivity index (χ4v) is 4.48. The summed E-state index contributed by atoms with van der Waals surface area (Å²) in [6, 6.07) is 10.2. The molecule has 1 saturated heterocycles. The Bertz CT molecular complexity index is 1410. The zero-order valence-electron chi connectivity index (χ0n) is 20.1. The molecular formula is C26H26F3N7O. The van der Waals surface area contributed by atoms with Crippen molar-refractivity contribution >= 4 is 34.0 Å². The van der Waals surface area contributed by atoms with Gasteiger partial charge in [0.15, 0.2) is 0 Å². The van der Waals surface area contributed by atoms with Crippen LogP contribution in [0.1, 0.15) is 18.4 Å². The smallest absolute Gasteiger partial charge is 0.382 e. The first-order chi connectivity index (χ1) is 17.8. The number of pyridine rings is 1. The predicted molar refractivity (Wildman–Crippen MR) is 138 cm³/mol. The SMILES string of the molecule is Cn1ncc2c(-c3ccc(NC(=O)Nc4ccc(NC5CCNCC5)c(C(F)(F)F)c4)cc3)cncc21. The molecule has 5 rings (SSSR count). The maximum absolute atomic E-state index is 13.8. The second kappa shape index (κ2) is 10.1. The largest absolute Gasteiger partial charge is 0.418 e. The van der Waals surface area contributed by atoms with Crippen molar-refractivity contribution in [1.82, 2.24) is 20.1 Å². The van der Waals surface area contributed by atoms with Crippen LogP contribution in [0.25, 0.3) is 22.0 Å². The maximum atomic E-state index is 13.8. The van der Waals surface area contributed by atoms with Gasteiger partial charge in [-0.3, -0.25) is 9.67 Å². The third kappa shape index (κ3) is 5.51.